The third-order valence-corrected chi connectivity index (χ3v) is 4.94. The Morgan fingerprint density at radius 1 is 1.18 bits per heavy atom. The average molecular weight is 386 g/mol. The standard InChI is InChI=1S/C19H22N4O5/c1-20-15(24)6-3-7-16(25)21-13-5-2-4-11-12(13)10-23(19(11)28)14-8-9-17(26)22-18(14)27/h2,4-5,14H,3,6-10H2,1H3,(H,20,24)(H,21,25)(H,22,26,27). The molecule has 148 valence electrons. The first-order valence-electron chi connectivity index (χ1n) is 9.17. The highest BCUT2D eigenvalue weighted by Gasteiger charge is 2.39. The van der Waals surface area contributed by atoms with Crippen molar-refractivity contribution >= 4 is 35.2 Å². The molecule has 0 bridgehead atoms. The number of carbonyl (C=O) groups is 5. The van der Waals surface area contributed by atoms with Crippen LogP contribution in [0.15, 0.2) is 18.2 Å². The van der Waals surface area contributed by atoms with Gasteiger partial charge in [0.05, 0.1) is 0 Å². The van der Waals surface area contributed by atoms with Gasteiger partial charge >= 0.3 is 0 Å². The van der Waals surface area contributed by atoms with Gasteiger partial charge < -0.3 is 15.5 Å². The van der Waals surface area contributed by atoms with E-state index in [0.29, 0.717) is 23.2 Å². The highest BCUT2D eigenvalue weighted by atomic mass is 16.2. The lowest BCUT2D eigenvalue weighted by Gasteiger charge is -2.29. The van der Waals surface area contributed by atoms with Gasteiger partial charge in [-0.15, -0.1) is 0 Å². The van der Waals surface area contributed by atoms with Crippen molar-refractivity contribution < 1.29 is 24.0 Å². The molecule has 9 heteroatoms. The van der Waals surface area contributed by atoms with Gasteiger partial charge in [0.15, 0.2) is 0 Å². The minimum Gasteiger partial charge on any atom is -0.359 e. The van der Waals surface area contributed by atoms with E-state index < -0.39 is 11.9 Å². The molecule has 5 amide bonds. The van der Waals surface area contributed by atoms with E-state index >= 15 is 0 Å². The van der Waals surface area contributed by atoms with Gasteiger partial charge in [-0.1, -0.05) is 6.07 Å². The van der Waals surface area contributed by atoms with E-state index in [1.807, 2.05) is 0 Å². The number of benzene rings is 1. The van der Waals surface area contributed by atoms with Crippen molar-refractivity contribution in [3.63, 3.8) is 0 Å². The van der Waals surface area contributed by atoms with Crippen molar-refractivity contribution in [2.75, 3.05) is 12.4 Å². The van der Waals surface area contributed by atoms with Gasteiger partial charge in [-0.3, -0.25) is 29.3 Å². The summed E-state index contributed by atoms with van der Waals surface area (Å²) >= 11 is 0. The molecule has 1 unspecified atom stereocenters. The SMILES string of the molecule is CNC(=O)CCCC(=O)Nc1cccc2c1CN(C1CCC(=O)NC1=O)C2=O. The maximum Gasteiger partial charge on any atom is 0.255 e. The number of hydrogen-bond donors (Lipinski definition) is 3. The van der Waals surface area contributed by atoms with Gasteiger partial charge in [-0.25, -0.2) is 0 Å². The number of carbonyl (C=O) groups excluding carboxylic acids is 5. The van der Waals surface area contributed by atoms with Crippen LogP contribution in [0.5, 0.6) is 0 Å². The van der Waals surface area contributed by atoms with Gasteiger partial charge in [0.1, 0.15) is 6.04 Å². The molecule has 2 aliphatic heterocycles. The number of fused-ring (bicyclic) bond motifs is 1. The molecule has 0 saturated carbocycles. The van der Waals surface area contributed by atoms with E-state index in [2.05, 4.69) is 16.0 Å². The van der Waals surface area contributed by atoms with Crippen LogP contribution in [0.1, 0.15) is 48.0 Å². The molecule has 2 aliphatic rings. The number of hydrogen-bond acceptors (Lipinski definition) is 5. The molecule has 3 N–H and O–H groups in total. The Morgan fingerprint density at radius 3 is 2.64 bits per heavy atom. The van der Waals surface area contributed by atoms with Crippen LogP contribution in [0.2, 0.25) is 0 Å². The first-order chi connectivity index (χ1) is 13.4. The van der Waals surface area contributed by atoms with E-state index in [0.717, 1.165) is 0 Å². The highest BCUT2D eigenvalue weighted by molar-refractivity contribution is 6.06. The van der Waals surface area contributed by atoms with Crippen LogP contribution >= 0.6 is 0 Å². The zero-order valence-electron chi connectivity index (χ0n) is 15.5. The molecule has 0 radical (unpaired) electrons. The number of amides is 5. The summed E-state index contributed by atoms with van der Waals surface area (Å²) in [5, 5.41) is 7.56. The summed E-state index contributed by atoms with van der Waals surface area (Å²) in [6.07, 6.45) is 1.33. The Bertz CT molecular complexity index is 851. The van der Waals surface area contributed by atoms with Crippen molar-refractivity contribution in [3.8, 4) is 0 Å². The molecule has 1 atom stereocenters. The lowest BCUT2D eigenvalue weighted by molar-refractivity contribution is -0.137. The Hall–Kier alpha value is -3.23. The Kier molecular flexibility index (Phi) is 5.72. The fraction of sp³-hybridized carbons (Fsp3) is 0.421. The lowest BCUT2D eigenvalue weighted by atomic mass is 10.0. The van der Waals surface area contributed by atoms with E-state index in [1.165, 1.54) is 4.90 Å². The van der Waals surface area contributed by atoms with Crippen LogP contribution in [0.3, 0.4) is 0 Å². The number of nitrogens with zero attached hydrogens (tertiary/aromatic N) is 1. The Balaban J connectivity index is 1.68. The third kappa shape index (κ3) is 4.03. The van der Waals surface area contributed by atoms with Gasteiger partial charge in [0.25, 0.3) is 5.91 Å². The van der Waals surface area contributed by atoms with Crippen LogP contribution in [0.4, 0.5) is 5.69 Å². The van der Waals surface area contributed by atoms with Gasteiger partial charge in [-0.2, -0.15) is 0 Å². The Morgan fingerprint density at radius 2 is 1.93 bits per heavy atom. The van der Waals surface area contributed by atoms with Gasteiger partial charge in [0, 0.05) is 49.7 Å². The lowest BCUT2D eigenvalue weighted by Crippen LogP contribution is -2.52. The normalized spacial score (nSPS) is 18.5. The van der Waals surface area contributed by atoms with Crippen LogP contribution < -0.4 is 16.0 Å². The minimum atomic E-state index is -0.700. The number of anilines is 1. The molecule has 1 fully saturated rings. The first-order valence-corrected chi connectivity index (χ1v) is 9.17. The molecule has 0 spiro atoms. The van der Waals surface area contributed by atoms with Crippen molar-refractivity contribution in [1.29, 1.82) is 0 Å². The second-order valence-corrected chi connectivity index (χ2v) is 6.81. The second kappa shape index (κ2) is 8.20. The monoisotopic (exact) mass is 386 g/mol. The largest absolute Gasteiger partial charge is 0.359 e. The predicted molar refractivity (Wildman–Crippen MR) is 99.0 cm³/mol. The molecule has 1 aromatic carbocycles. The van der Waals surface area contributed by atoms with E-state index in [4.69, 9.17) is 0 Å². The van der Waals surface area contributed by atoms with Crippen molar-refractivity contribution in [1.82, 2.24) is 15.5 Å². The molecule has 28 heavy (non-hydrogen) atoms. The predicted octanol–water partition coefficient (Wildman–Crippen LogP) is 0.302. The second-order valence-electron chi connectivity index (χ2n) is 6.81. The zero-order valence-corrected chi connectivity index (χ0v) is 15.5. The Labute approximate surface area is 161 Å². The van der Waals surface area contributed by atoms with E-state index in [1.54, 1.807) is 25.2 Å². The molecule has 3 rings (SSSR count). The number of imide groups is 1. The summed E-state index contributed by atoms with van der Waals surface area (Å²) in [4.78, 5) is 61.1. The topological polar surface area (TPSA) is 125 Å². The molecule has 9 nitrogen and oxygen atoms in total. The molecule has 0 aliphatic carbocycles. The molecule has 1 aromatic rings. The summed E-state index contributed by atoms with van der Waals surface area (Å²) < 4.78 is 0. The number of nitrogens with one attached hydrogen (secondary N) is 3. The molecular formula is C19H22N4O5. The van der Waals surface area contributed by atoms with Crippen LogP contribution in [0, 0.1) is 0 Å². The number of piperidine rings is 1. The molecule has 0 aromatic heterocycles. The summed E-state index contributed by atoms with van der Waals surface area (Å²) in [6, 6.07) is 4.33. The average Bonchev–Trinajstić information content (AvgIpc) is 2.99. The van der Waals surface area contributed by atoms with Crippen molar-refractivity contribution in [3.05, 3.63) is 29.3 Å². The van der Waals surface area contributed by atoms with E-state index in [-0.39, 0.29) is 55.9 Å². The summed E-state index contributed by atoms with van der Waals surface area (Å²) in [5.74, 6) is -1.48. The van der Waals surface area contributed by atoms with Gasteiger partial charge in [0.2, 0.25) is 23.6 Å². The minimum absolute atomic E-state index is 0.126. The fourth-order valence-electron chi connectivity index (χ4n) is 3.45. The number of rotatable bonds is 6. The maximum atomic E-state index is 12.7. The first kappa shape index (κ1) is 19.5. The smallest absolute Gasteiger partial charge is 0.255 e. The quantitative estimate of drug-likeness (QED) is 0.607. The van der Waals surface area contributed by atoms with Crippen molar-refractivity contribution in [2.45, 2.75) is 44.7 Å². The summed E-state index contributed by atoms with van der Waals surface area (Å²) in [6.45, 7) is 0.190. The maximum absolute atomic E-state index is 12.7. The highest BCUT2D eigenvalue weighted by Crippen LogP contribution is 2.32. The summed E-state index contributed by atoms with van der Waals surface area (Å²) in [7, 11) is 1.54. The van der Waals surface area contributed by atoms with Crippen LogP contribution in [-0.2, 0) is 25.7 Å². The molecular weight excluding hydrogens is 364 g/mol. The molecule has 2 heterocycles. The van der Waals surface area contributed by atoms with Crippen molar-refractivity contribution in [2.24, 2.45) is 0 Å². The summed E-state index contributed by atoms with van der Waals surface area (Å²) in [5.41, 5.74) is 1.61. The third-order valence-electron chi connectivity index (χ3n) is 4.94. The zero-order chi connectivity index (χ0) is 20.3. The fourth-order valence-corrected chi connectivity index (χ4v) is 3.45. The van der Waals surface area contributed by atoms with Crippen LogP contribution in [-0.4, -0.2) is 47.5 Å². The molecule has 1 saturated heterocycles. The van der Waals surface area contributed by atoms with E-state index in [9.17, 15) is 24.0 Å². The van der Waals surface area contributed by atoms with Crippen LogP contribution in [0.25, 0.3) is 0 Å². The van der Waals surface area contributed by atoms with Gasteiger partial charge in [-0.05, 0) is 25.0 Å².